The fourth-order valence-electron chi connectivity index (χ4n) is 3.77. The molecule has 6 nitrogen and oxygen atoms in total. The lowest BCUT2D eigenvalue weighted by atomic mass is 9.97. The summed E-state index contributed by atoms with van der Waals surface area (Å²) in [5.74, 6) is 3.26. The molecular formula is C20H37N5O. The van der Waals surface area contributed by atoms with E-state index in [0.29, 0.717) is 12.5 Å². The van der Waals surface area contributed by atoms with Crippen molar-refractivity contribution in [2.75, 3.05) is 33.2 Å². The molecule has 0 radical (unpaired) electrons. The third kappa shape index (κ3) is 6.01. The molecule has 1 atom stereocenters. The lowest BCUT2D eigenvalue weighted by Crippen LogP contribution is -2.45. The molecule has 1 saturated heterocycles. The van der Waals surface area contributed by atoms with Crippen LogP contribution in [0, 0.1) is 11.8 Å². The van der Waals surface area contributed by atoms with Gasteiger partial charge in [-0.25, -0.2) is 0 Å². The minimum absolute atomic E-state index is 0.689. The van der Waals surface area contributed by atoms with Crippen molar-refractivity contribution in [1.82, 2.24) is 20.7 Å². The highest BCUT2D eigenvalue weighted by atomic mass is 16.5. The molecule has 0 spiro atoms. The highest BCUT2D eigenvalue weighted by molar-refractivity contribution is 5.79. The van der Waals surface area contributed by atoms with Crippen molar-refractivity contribution in [3.8, 4) is 0 Å². The van der Waals surface area contributed by atoms with E-state index in [2.05, 4.69) is 53.4 Å². The molecule has 1 aromatic heterocycles. The highest BCUT2D eigenvalue weighted by Gasteiger charge is 2.20. The van der Waals surface area contributed by atoms with Crippen LogP contribution < -0.4 is 10.6 Å². The average Bonchev–Trinajstić information content (AvgIpc) is 3.03. The predicted octanol–water partition coefficient (Wildman–Crippen LogP) is 2.83. The molecule has 1 aliphatic heterocycles. The maximum atomic E-state index is 5.44. The van der Waals surface area contributed by atoms with Gasteiger partial charge in [-0.15, -0.1) is 0 Å². The standard InChI is InChI=1S/C20H37N5O/c1-6-18-17(19(7-2)26-24-18)12-23-20(21-5)22-11-16-9-8-10-25(14-16)13-15(3)4/h15-16H,6-14H2,1-5H3,(H2,21,22,23). The van der Waals surface area contributed by atoms with Gasteiger partial charge in [0.2, 0.25) is 0 Å². The van der Waals surface area contributed by atoms with E-state index in [9.17, 15) is 0 Å². The summed E-state index contributed by atoms with van der Waals surface area (Å²) in [6, 6.07) is 0. The third-order valence-electron chi connectivity index (χ3n) is 5.05. The van der Waals surface area contributed by atoms with Crippen LogP contribution in [0.3, 0.4) is 0 Å². The summed E-state index contributed by atoms with van der Waals surface area (Å²) in [5.41, 5.74) is 2.22. The first kappa shape index (κ1) is 20.7. The molecule has 1 aromatic rings. The van der Waals surface area contributed by atoms with E-state index >= 15 is 0 Å². The Morgan fingerprint density at radius 3 is 2.77 bits per heavy atom. The Balaban J connectivity index is 1.82. The molecule has 2 heterocycles. The van der Waals surface area contributed by atoms with Crippen molar-refractivity contribution >= 4 is 5.96 Å². The van der Waals surface area contributed by atoms with Crippen LogP contribution in [-0.4, -0.2) is 49.2 Å². The first-order valence-electron chi connectivity index (χ1n) is 10.2. The van der Waals surface area contributed by atoms with Gasteiger partial charge in [0.1, 0.15) is 5.76 Å². The molecule has 0 amide bonds. The monoisotopic (exact) mass is 363 g/mol. The van der Waals surface area contributed by atoms with Gasteiger partial charge in [-0.3, -0.25) is 4.99 Å². The van der Waals surface area contributed by atoms with Crippen molar-refractivity contribution in [2.45, 2.75) is 59.9 Å². The van der Waals surface area contributed by atoms with Gasteiger partial charge in [-0.2, -0.15) is 0 Å². The van der Waals surface area contributed by atoms with E-state index in [1.807, 2.05) is 7.05 Å². The van der Waals surface area contributed by atoms with E-state index in [4.69, 9.17) is 4.52 Å². The highest BCUT2D eigenvalue weighted by Crippen LogP contribution is 2.17. The largest absolute Gasteiger partial charge is 0.361 e. The second kappa shape index (κ2) is 10.6. The molecule has 2 rings (SSSR count). The topological polar surface area (TPSA) is 65.7 Å². The summed E-state index contributed by atoms with van der Waals surface area (Å²) in [6.45, 7) is 14.1. The summed E-state index contributed by atoms with van der Waals surface area (Å²) in [4.78, 5) is 6.99. The van der Waals surface area contributed by atoms with Crippen LogP contribution in [0.2, 0.25) is 0 Å². The number of hydrogen-bond acceptors (Lipinski definition) is 4. The Morgan fingerprint density at radius 1 is 1.31 bits per heavy atom. The predicted molar refractivity (Wildman–Crippen MR) is 107 cm³/mol. The zero-order chi connectivity index (χ0) is 18.9. The van der Waals surface area contributed by atoms with Crippen LogP contribution in [0.5, 0.6) is 0 Å². The normalized spacial score (nSPS) is 19.2. The zero-order valence-electron chi connectivity index (χ0n) is 17.3. The second-order valence-corrected chi connectivity index (χ2v) is 7.71. The van der Waals surface area contributed by atoms with E-state index in [1.165, 1.54) is 38.0 Å². The maximum absolute atomic E-state index is 5.44. The zero-order valence-corrected chi connectivity index (χ0v) is 17.3. The minimum atomic E-state index is 0.689. The van der Waals surface area contributed by atoms with Gasteiger partial charge < -0.3 is 20.1 Å². The molecule has 2 N–H and O–H groups in total. The van der Waals surface area contributed by atoms with Crippen LogP contribution in [0.4, 0.5) is 0 Å². The van der Waals surface area contributed by atoms with E-state index < -0.39 is 0 Å². The van der Waals surface area contributed by atoms with Crippen LogP contribution >= 0.6 is 0 Å². The Labute approximate surface area is 158 Å². The number of likely N-dealkylation sites (tertiary alicyclic amines) is 1. The first-order valence-corrected chi connectivity index (χ1v) is 10.2. The van der Waals surface area contributed by atoms with Gasteiger partial charge >= 0.3 is 0 Å². The Bertz CT molecular complexity index is 545. The van der Waals surface area contributed by atoms with Crippen molar-refractivity contribution < 1.29 is 4.52 Å². The number of aromatic nitrogens is 1. The van der Waals surface area contributed by atoms with Gasteiger partial charge in [0.15, 0.2) is 5.96 Å². The molecule has 1 fully saturated rings. The van der Waals surface area contributed by atoms with E-state index in [0.717, 1.165) is 42.7 Å². The summed E-state index contributed by atoms with van der Waals surface area (Å²) >= 11 is 0. The molecular weight excluding hydrogens is 326 g/mol. The van der Waals surface area contributed by atoms with Gasteiger partial charge in [0, 0.05) is 45.2 Å². The molecule has 1 unspecified atom stereocenters. The molecule has 0 bridgehead atoms. The molecule has 0 aromatic carbocycles. The summed E-state index contributed by atoms with van der Waals surface area (Å²) in [7, 11) is 1.83. The fourth-order valence-corrected chi connectivity index (χ4v) is 3.77. The van der Waals surface area contributed by atoms with Crippen molar-refractivity contribution in [1.29, 1.82) is 0 Å². The SMILES string of the molecule is CCc1noc(CC)c1CNC(=NC)NCC1CCCN(CC(C)C)C1. The van der Waals surface area contributed by atoms with Crippen molar-refractivity contribution in [2.24, 2.45) is 16.8 Å². The number of nitrogens with one attached hydrogen (secondary N) is 2. The Hall–Kier alpha value is -1.56. The Morgan fingerprint density at radius 2 is 2.12 bits per heavy atom. The lowest BCUT2D eigenvalue weighted by molar-refractivity contribution is 0.159. The van der Waals surface area contributed by atoms with Gasteiger partial charge in [0.05, 0.1) is 5.69 Å². The fraction of sp³-hybridized carbons (Fsp3) is 0.800. The number of piperidine rings is 1. The maximum Gasteiger partial charge on any atom is 0.191 e. The first-order chi connectivity index (χ1) is 12.6. The van der Waals surface area contributed by atoms with Gasteiger partial charge in [-0.05, 0) is 37.6 Å². The van der Waals surface area contributed by atoms with Gasteiger partial charge in [0.25, 0.3) is 0 Å². The smallest absolute Gasteiger partial charge is 0.191 e. The van der Waals surface area contributed by atoms with Crippen molar-refractivity contribution in [3.63, 3.8) is 0 Å². The number of rotatable bonds is 8. The summed E-state index contributed by atoms with van der Waals surface area (Å²) in [6.07, 6.45) is 4.35. The Kier molecular flexibility index (Phi) is 8.42. The second-order valence-electron chi connectivity index (χ2n) is 7.71. The minimum Gasteiger partial charge on any atom is -0.361 e. The third-order valence-corrected chi connectivity index (χ3v) is 5.05. The molecule has 1 aliphatic rings. The number of hydrogen-bond donors (Lipinski definition) is 2. The molecule has 0 aliphatic carbocycles. The average molecular weight is 364 g/mol. The number of guanidine groups is 1. The summed E-state index contributed by atoms with van der Waals surface area (Å²) < 4.78 is 5.44. The lowest BCUT2D eigenvalue weighted by Gasteiger charge is -2.34. The van der Waals surface area contributed by atoms with Gasteiger partial charge in [-0.1, -0.05) is 32.9 Å². The quantitative estimate of drug-likeness (QED) is 0.549. The van der Waals surface area contributed by atoms with Crippen LogP contribution in [0.25, 0.3) is 0 Å². The van der Waals surface area contributed by atoms with E-state index in [-0.39, 0.29) is 0 Å². The number of aliphatic imine (C=N–C) groups is 1. The van der Waals surface area contributed by atoms with Crippen molar-refractivity contribution in [3.05, 3.63) is 17.0 Å². The van der Waals surface area contributed by atoms with Crippen LogP contribution in [0.1, 0.15) is 57.6 Å². The van der Waals surface area contributed by atoms with Crippen LogP contribution in [0.15, 0.2) is 9.52 Å². The molecule has 6 heteroatoms. The molecule has 26 heavy (non-hydrogen) atoms. The summed E-state index contributed by atoms with van der Waals surface area (Å²) in [5, 5.41) is 11.1. The van der Waals surface area contributed by atoms with E-state index in [1.54, 1.807) is 0 Å². The number of aryl methyl sites for hydroxylation is 2. The number of nitrogens with zero attached hydrogens (tertiary/aromatic N) is 3. The molecule has 148 valence electrons. The van der Waals surface area contributed by atoms with Crippen LogP contribution in [-0.2, 0) is 19.4 Å². The molecule has 0 saturated carbocycles.